The molecule has 0 radical (unpaired) electrons. The molecule has 3 heterocycles. The van der Waals surface area contributed by atoms with Crippen LogP contribution in [0.3, 0.4) is 0 Å². The Bertz CT molecular complexity index is 1420. The molecule has 2 aromatic carbocycles. The van der Waals surface area contributed by atoms with Crippen molar-refractivity contribution in [2.75, 3.05) is 20.0 Å². The van der Waals surface area contributed by atoms with Crippen molar-refractivity contribution in [1.82, 2.24) is 24.8 Å². The fraction of sp³-hybridized carbons (Fsp3) is 0.280. The molecule has 2 aromatic heterocycles. The Hall–Kier alpha value is -3.54. The number of carbonyl (C=O) groups is 1. The van der Waals surface area contributed by atoms with Crippen molar-refractivity contribution < 1.29 is 24.1 Å². The van der Waals surface area contributed by atoms with Gasteiger partial charge in [-0.2, -0.15) is 4.80 Å². The van der Waals surface area contributed by atoms with Crippen molar-refractivity contribution in [2.45, 2.75) is 30.3 Å². The molecule has 4 aromatic rings. The Morgan fingerprint density at radius 1 is 1.16 bits per heavy atom. The number of fused-ring (bicyclic) bond motifs is 3. The molecule has 0 saturated heterocycles. The van der Waals surface area contributed by atoms with Crippen LogP contribution >= 0.6 is 23.4 Å². The van der Waals surface area contributed by atoms with Gasteiger partial charge in [-0.05, 0) is 41.6 Å². The zero-order valence-electron chi connectivity index (χ0n) is 20.1. The van der Waals surface area contributed by atoms with Crippen LogP contribution in [-0.4, -0.2) is 55.8 Å². The molecule has 0 aliphatic carbocycles. The van der Waals surface area contributed by atoms with Crippen molar-refractivity contribution in [3.8, 4) is 17.2 Å². The normalized spacial score (nSPS) is 16.5. The number of carboxylic acids is 1. The molecule has 0 spiro atoms. The zero-order chi connectivity index (χ0) is 25.9. The second kappa shape index (κ2) is 10.8. The fourth-order valence-electron chi connectivity index (χ4n) is 4.45. The highest BCUT2D eigenvalue weighted by Gasteiger charge is 2.33. The first-order valence-electron chi connectivity index (χ1n) is 11.4. The first kappa shape index (κ1) is 25.1. The fourth-order valence-corrected chi connectivity index (χ4v) is 5.13. The average Bonchev–Trinajstić information content (AvgIpc) is 3.55. The van der Waals surface area contributed by atoms with Crippen LogP contribution in [0, 0.1) is 0 Å². The SMILES string of the molecule is COc1cccc([C@H]2O[C@H](CCn3nnc(SCC(=O)O)n3)c3cccn3-c3ccc(Cl)cc32)c1OC. The summed E-state index contributed by atoms with van der Waals surface area (Å²) in [4.78, 5) is 12.3. The summed E-state index contributed by atoms with van der Waals surface area (Å²) in [6, 6.07) is 15.5. The second-order valence-electron chi connectivity index (χ2n) is 8.23. The van der Waals surface area contributed by atoms with E-state index in [1.165, 1.54) is 4.80 Å². The minimum Gasteiger partial charge on any atom is -0.493 e. The molecule has 1 N–H and O–H groups in total. The van der Waals surface area contributed by atoms with Crippen LogP contribution in [0.2, 0.25) is 5.02 Å². The summed E-state index contributed by atoms with van der Waals surface area (Å²) >= 11 is 7.48. The minimum absolute atomic E-state index is 0.129. The monoisotopic (exact) mass is 541 g/mol. The lowest BCUT2D eigenvalue weighted by atomic mass is 9.98. The highest BCUT2D eigenvalue weighted by atomic mass is 35.5. The summed E-state index contributed by atoms with van der Waals surface area (Å²) in [7, 11) is 3.21. The smallest absolute Gasteiger partial charge is 0.313 e. The average molecular weight is 542 g/mol. The van der Waals surface area contributed by atoms with E-state index in [4.69, 9.17) is 30.9 Å². The van der Waals surface area contributed by atoms with Crippen molar-refractivity contribution in [3.63, 3.8) is 0 Å². The van der Waals surface area contributed by atoms with Crippen LogP contribution < -0.4 is 9.47 Å². The van der Waals surface area contributed by atoms with Gasteiger partial charge in [0, 0.05) is 28.8 Å². The molecule has 2 atom stereocenters. The number of halogens is 1. The predicted octanol–water partition coefficient (Wildman–Crippen LogP) is 4.56. The summed E-state index contributed by atoms with van der Waals surface area (Å²) in [5, 5.41) is 22.1. The Kier molecular flexibility index (Phi) is 7.36. The molecule has 12 heteroatoms. The van der Waals surface area contributed by atoms with Crippen LogP contribution in [0.25, 0.3) is 5.69 Å². The standard InChI is InChI=1S/C25H24ClN5O5S/c1-34-21-7-3-5-16(24(21)35-2)23-17-13-15(26)8-9-18(17)30-11-4-6-19(30)20(36-23)10-12-31-28-25(27-29-31)37-14-22(32)33/h3-9,11,13,20,23H,10,12,14H2,1-2H3,(H,32,33)/t20-,23-/m1/s1. The van der Waals surface area contributed by atoms with Crippen molar-refractivity contribution >= 4 is 29.3 Å². The number of para-hydroxylation sites is 1. The lowest BCUT2D eigenvalue weighted by Crippen LogP contribution is -2.15. The quantitative estimate of drug-likeness (QED) is 0.304. The van der Waals surface area contributed by atoms with Gasteiger partial charge < -0.3 is 23.9 Å². The zero-order valence-corrected chi connectivity index (χ0v) is 21.6. The maximum absolute atomic E-state index is 10.8. The molecule has 0 amide bonds. The lowest BCUT2D eigenvalue weighted by Gasteiger charge is -2.25. The number of nitrogens with zero attached hydrogens (tertiary/aromatic N) is 5. The van der Waals surface area contributed by atoms with Crippen LogP contribution in [0.4, 0.5) is 0 Å². The number of aliphatic carboxylic acids is 1. The van der Waals surface area contributed by atoms with Gasteiger partial charge in [0.2, 0.25) is 5.16 Å². The first-order valence-corrected chi connectivity index (χ1v) is 12.8. The number of hydrogen-bond donors (Lipinski definition) is 1. The first-order chi connectivity index (χ1) is 18.0. The van der Waals surface area contributed by atoms with E-state index >= 15 is 0 Å². The molecular weight excluding hydrogens is 518 g/mol. The Morgan fingerprint density at radius 2 is 2.03 bits per heavy atom. The van der Waals surface area contributed by atoms with E-state index in [0.29, 0.717) is 34.6 Å². The van der Waals surface area contributed by atoms with Gasteiger partial charge in [-0.1, -0.05) is 35.5 Å². The van der Waals surface area contributed by atoms with Gasteiger partial charge in [0.05, 0.1) is 37.9 Å². The number of ether oxygens (including phenoxy) is 3. The molecule has 10 nitrogen and oxygen atoms in total. The lowest BCUT2D eigenvalue weighted by molar-refractivity contribution is -0.133. The maximum atomic E-state index is 10.8. The van der Waals surface area contributed by atoms with E-state index in [1.807, 2.05) is 54.7 Å². The largest absolute Gasteiger partial charge is 0.493 e. The number of hydrogen-bond acceptors (Lipinski definition) is 8. The number of carboxylic acid groups (broad SMARTS) is 1. The highest BCUT2D eigenvalue weighted by molar-refractivity contribution is 7.99. The molecule has 5 rings (SSSR count). The Morgan fingerprint density at radius 3 is 2.81 bits per heavy atom. The third kappa shape index (κ3) is 5.15. The van der Waals surface area contributed by atoms with E-state index in [0.717, 1.165) is 34.3 Å². The van der Waals surface area contributed by atoms with Gasteiger partial charge in [0.25, 0.3) is 0 Å². The molecule has 0 unspecified atom stereocenters. The summed E-state index contributed by atoms with van der Waals surface area (Å²) in [6.45, 7) is 0.412. The summed E-state index contributed by atoms with van der Waals surface area (Å²) in [6.07, 6.45) is 1.68. The van der Waals surface area contributed by atoms with Crippen LogP contribution in [0.15, 0.2) is 59.9 Å². The van der Waals surface area contributed by atoms with Gasteiger partial charge in [-0.15, -0.1) is 10.2 Å². The maximum Gasteiger partial charge on any atom is 0.313 e. The highest BCUT2D eigenvalue weighted by Crippen LogP contribution is 2.46. The van der Waals surface area contributed by atoms with Crippen LogP contribution in [0.1, 0.15) is 35.4 Å². The number of aryl methyl sites for hydroxylation is 1. The number of methoxy groups -OCH3 is 2. The van der Waals surface area contributed by atoms with Gasteiger partial charge >= 0.3 is 5.97 Å². The number of thioether (sulfide) groups is 1. The molecule has 192 valence electrons. The van der Waals surface area contributed by atoms with Gasteiger partial charge in [-0.25, -0.2) is 0 Å². The molecule has 0 bridgehead atoms. The van der Waals surface area contributed by atoms with Gasteiger partial charge in [0.15, 0.2) is 11.5 Å². The van der Waals surface area contributed by atoms with E-state index in [1.54, 1.807) is 14.2 Å². The van der Waals surface area contributed by atoms with E-state index in [9.17, 15) is 4.79 Å². The number of tetrazole rings is 1. The molecule has 1 aliphatic rings. The molecule has 0 saturated carbocycles. The van der Waals surface area contributed by atoms with Crippen molar-refractivity contribution in [3.05, 3.63) is 76.6 Å². The van der Waals surface area contributed by atoms with Crippen LogP contribution in [-0.2, 0) is 16.1 Å². The molecule has 1 aliphatic heterocycles. The van der Waals surface area contributed by atoms with E-state index in [-0.39, 0.29) is 11.9 Å². The van der Waals surface area contributed by atoms with E-state index < -0.39 is 12.1 Å². The number of benzene rings is 2. The van der Waals surface area contributed by atoms with Crippen molar-refractivity contribution in [2.24, 2.45) is 0 Å². The minimum atomic E-state index is -0.937. The molecular formula is C25H24ClN5O5S. The van der Waals surface area contributed by atoms with Gasteiger partial charge in [0.1, 0.15) is 12.2 Å². The Balaban J connectivity index is 1.51. The number of aromatic nitrogens is 5. The number of rotatable bonds is 9. The molecule has 0 fully saturated rings. The molecule has 37 heavy (non-hydrogen) atoms. The topological polar surface area (TPSA) is 114 Å². The summed E-state index contributed by atoms with van der Waals surface area (Å²) < 4.78 is 20.2. The third-order valence-corrected chi connectivity index (χ3v) is 7.06. The summed E-state index contributed by atoms with van der Waals surface area (Å²) in [5.74, 6) is 0.123. The predicted molar refractivity (Wildman–Crippen MR) is 137 cm³/mol. The van der Waals surface area contributed by atoms with Crippen molar-refractivity contribution in [1.29, 1.82) is 0 Å². The second-order valence-corrected chi connectivity index (χ2v) is 9.61. The summed E-state index contributed by atoms with van der Waals surface area (Å²) in [5.41, 5.74) is 3.62. The van der Waals surface area contributed by atoms with Gasteiger partial charge in [-0.3, -0.25) is 4.79 Å². The Labute approximate surface area is 222 Å². The van der Waals surface area contributed by atoms with Crippen LogP contribution in [0.5, 0.6) is 11.5 Å². The van der Waals surface area contributed by atoms with E-state index in [2.05, 4.69) is 20.0 Å². The third-order valence-electron chi connectivity index (χ3n) is 6.01.